The van der Waals surface area contributed by atoms with Crippen LogP contribution in [0.25, 0.3) is 0 Å². The van der Waals surface area contributed by atoms with Crippen LogP contribution in [0.3, 0.4) is 0 Å². The molecule has 3 rings (SSSR count). The maximum Gasteiger partial charge on any atom is 0.242 e. The number of halogens is 1. The molecule has 0 aromatic carbocycles. The molecule has 5 nitrogen and oxygen atoms in total. The molecule has 2 aliphatic heterocycles. The van der Waals surface area contributed by atoms with E-state index in [-0.39, 0.29) is 17.3 Å². The van der Waals surface area contributed by atoms with E-state index in [2.05, 4.69) is 11.1 Å². The van der Waals surface area contributed by atoms with E-state index < -0.39 is 0 Å². The summed E-state index contributed by atoms with van der Waals surface area (Å²) in [5, 5.41) is 9.24. The lowest BCUT2D eigenvalue weighted by atomic mass is 9.92. The number of carbonyl (C=O) groups excluding carboxylic acids is 1. The standard InChI is InChI=1S/C14H21ClN4O/c15-11-2-1-3-12(8-11)19-7-6-18-5-4-17(10-16)9-13(18)14(19)20/h11-13H,1-9H2/t11?,12?,13-/m1/s1. The van der Waals surface area contributed by atoms with E-state index in [1.165, 1.54) is 0 Å². The molecule has 1 amide bonds. The van der Waals surface area contributed by atoms with Crippen molar-refractivity contribution >= 4 is 17.5 Å². The summed E-state index contributed by atoms with van der Waals surface area (Å²) in [6.45, 7) is 3.85. The van der Waals surface area contributed by atoms with E-state index in [9.17, 15) is 4.79 Å². The Morgan fingerprint density at radius 3 is 2.75 bits per heavy atom. The van der Waals surface area contributed by atoms with Crippen molar-refractivity contribution < 1.29 is 4.79 Å². The third-order valence-electron chi connectivity index (χ3n) is 4.85. The van der Waals surface area contributed by atoms with Crippen LogP contribution in [-0.2, 0) is 4.79 Å². The lowest BCUT2D eigenvalue weighted by Crippen LogP contribution is -2.65. The van der Waals surface area contributed by atoms with Gasteiger partial charge in [-0.1, -0.05) is 0 Å². The fourth-order valence-electron chi connectivity index (χ4n) is 3.70. The smallest absolute Gasteiger partial charge is 0.242 e. The van der Waals surface area contributed by atoms with Crippen molar-refractivity contribution in [1.29, 1.82) is 5.26 Å². The average Bonchev–Trinajstić information content (AvgIpc) is 2.47. The van der Waals surface area contributed by atoms with Crippen LogP contribution >= 0.6 is 11.6 Å². The quantitative estimate of drug-likeness (QED) is 0.532. The molecule has 0 aromatic rings. The molecule has 0 bridgehead atoms. The highest BCUT2D eigenvalue weighted by molar-refractivity contribution is 6.20. The highest BCUT2D eigenvalue weighted by Gasteiger charge is 2.41. The highest BCUT2D eigenvalue weighted by Crippen LogP contribution is 2.29. The van der Waals surface area contributed by atoms with Crippen molar-refractivity contribution in [2.24, 2.45) is 0 Å². The highest BCUT2D eigenvalue weighted by atomic mass is 35.5. The number of hydrogen-bond acceptors (Lipinski definition) is 4. The Balaban J connectivity index is 1.69. The molecule has 110 valence electrons. The van der Waals surface area contributed by atoms with Crippen LogP contribution in [0.2, 0.25) is 0 Å². The minimum atomic E-state index is -0.132. The van der Waals surface area contributed by atoms with Gasteiger partial charge in [0, 0.05) is 37.6 Å². The van der Waals surface area contributed by atoms with Gasteiger partial charge in [0.05, 0.1) is 6.54 Å². The number of amides is 1. The molecule has 1 aliphatic carbocycles. The number of rotatable bonds is 1. The molecule has 20 heavy (non-hydrogen) atoms. The monoisotopic (exact) mass is 296 g/mol. The van der Waals surface area contributed by atoms with Gasteiger partial charge in [-0.3, -0.25) is 9.69 Å². The van der Waals surface area contributed by atoms with Crippen LogP contribution in [0.15, 0.2) is 0 Å². The molecular weight excluding hydrogens is 276 g/mol. The molecule has 3 aliphatic rings. The number of hydrogen-bond donors (Lipinski definition) is 0. The summed E-state index contributed by atoms with van der Waals surface area (Å²) in [4.78, 5) is 18.7. The zero-order valence-corrected chi connectivity index (χ0v) is 12.4. The van der Waals surface area contributed by atoms with Gasteiger partial charge < -0.3 is 9.80 Å². The first-order valence-corrected chi connectivity index (χ1v) is 7.96. The Bertz CT molecular complexity index is 424. The van der Waals surface area contributed by atoms with Gasteiger partial charge in [-0.05, 0) is 25.7 Å². The van der Waals surface area contributed by atoms with Gasteiger partial charge >= 0.3 is 0 Å². The fourth-order valence-corrected chi connectivity index (χ4v) is 4.06. The maximum atomic E-state index is 12.7. The number of nitriles is 1. The lowest BCUT2D eigenvalue weighted by molar-refractivity contribution is -0.147. The predicted molar refractivity (Wildman–Crippen MR) is 76.2 cm³/mol. The molecule has 2 saturated heterocycles. The SMILES string of the molecule is N#CN1CCN2CCN(C3CCCC(Cl)C3)C(=O)[C@H]2C1. The Hall–Kier alpha value is -0.990. The van der Waals surface area contributed by atoms with Crippen LogP contribution < -0.4 is 0 Å². The third-order valence-corrected chi connectivity index (χ3v) is 5.25. The molecule has 2 unspecified atom stereocenters. The first-order chi connectivity index (χ1) is 9.69. The average molecular weight is 297 g/mol. The largest absolute Gasteiger partial charge is 0.337 e. The van der Waals surface area contributed by atoms with Crippen LogP contribution in [-0.4, -0.2) is 70.8 Å². The van der Waals surface area contributed by atoms with Crippen molar-refractivity contribution in [3.8, 4) is 6.19 Å². The lowest BCUT2D eigenvalue weighted by Gasteiger charge is -2.48. The van der Waals surface area contributed by atoms with Crippen molar-refractivity contribution in [2.45, 2.75) is 43.1 Å². The summed E-state index contributed by atoms with van der Waals surface area (Å²) in [5.74, 6) is 0.201. The summed E-state index contributed by atoms with van der Waals surface area (Å²) >= 11 is 6.26. The van der Waals surface area contributed by atoms with Gasteiger partial charge in [0.25, 0.3) is 0 Å². The summed E-state index contributed by atoms with van der Waals surface area (Å²) in [5.41, 5.74) is 0. The van der Waals surface area contributed by atoms with Crippen LogP contribution in [0, 0.1) is 11.5 Å². The van der Waals surface area contributed by atoms with Gasteiger partial charge in [0.2, 0.25) is 5.91 Å². The number of alkyl halides is 1. The van der Waals surface area contributed by atoms with Crippen LogP contribution in [0.4, 0.5) is 0 Å². The van der Waals surface area contributed by atoms with Gasteiger partial charge in [0.15, 0.2) is 6.19 Å². The molecule has 2 heterocycles. The zero-order chi connectivity index (χ0) is 14.1. The Kier molecular flexibility index (Phi) is 4.04. The van der Waals surface area contributed by atoms with E-state index in [0.717, 1.165) is 51.9 Å². The fraction of sp³-hybridized carbons (Fsp3) is 0.857. The van der Waals surface area contributed by atoms with Crippen molar-refractivity contribution in [2.75, 3.05) is 32.7 Å². The summed E-state index contributed by atoms with van der Waals surface area (Å²) in [7, 11) is 0. The van der Waals surface area contributed by atoms with E-state index in [4.69, 9.17) is 16.9 Å². The third kappa shape index (κ3) is 2.59. The molecule has 0 aromatic heterocycles. The van der Waals surface area contributed by atoms with Gasteiger partial charge in [-0.15, -0.1) is 11.6 Å². The maximum absolute atomic E-state index is 12.7. The minimum Gasteiger partial charge on any atom is -0.337 e. The molecule has 3 fully saturated rings. The van der Waals surface area contributed by atoms with Gasteiger partial charge in [-0.2, -0.15) is 5.26 Å². The van der Waals surface area contributed by atoms with Gasteiger partial charge in [-0.25, -0.2) is 0 Å². The normalized spacial score (nSPS) is 35.6. The molecule has 0 spiro atoms. The first kappa shape index (κ1) is 14.0. The number of carbonyl (C=O) groups is 1. The second kappa shape index (κ2) is 5.79. The van der Waals surface area contributed by atoms with Crippen molar-refractivity contribution in [3.05, 3.63) is 0 Å². The number of piperazine rings is 2. The van der Waals surface area contributed by atoms with Crippen molar-refractivity contribution in [3.63, 3.8) is 0 Å². The molecule has 6 heteroatoms. The zero-order valence-electron chi connectivity index (χ0n) is 11.7. The summed E-state index contributed by atoms with van der Waals surface area (Å²) in [6, 6.07) is 0.172. The van der Waals surface area contributed by atoms with Crippen molar-refractivity contribution in [1.82, 2.24) is 14.7 Å². The second-order valence-corrected chi connectivity index (χ2v) is 6.66. The van der Waals surface area contributed by atoms with E-state index in [1.807, 2.05) is 4.90 Å². The van der Waals surface area contributed by atoms with Crippen LogP contribution in [0.1, 0.15) is 25.7 Å². The summed E-state index contributed by atoms with van der Waals surface area (Å²) in [6.07, 6.45) is 6.35. The first-order valence-electron chi connectivity index (χ1n) is 7.52. The topological polar surface area (TPSA) is 50.6 Å². The van der Waals surface area contributed by atoms with E-state index in [0.29, 0.717) is 12.6 Å². The number of nitrogens with zero attached hydrogens (tertiary/aromatic N) is 4. The van der Waals surface area contributed by atoms with Gasteiger partial charge in [0.1, 0.15) is 6.04 Å². The number of fused-ring (bicyclic) bond motifs is 1. The molecule has 0 radical (unpaired) electrons. The Morgan fingerprint density at radius 2 is 2.00 bits per heavy atom. The van der Waals surface area contributed by atoms with Crippen LogP contribution in [0.5, 0.6) is 0 Å². The second-order valence-electron chi connectivity index (χ2n) is 6.05. The summed E-state index contributed by atoms with van der Waals surface area (Å²) < 4.78 is 0. The molecule has 0 N–H and O–H groups in total. The predicted octanol–water partition coefficient (Wildman–Crippen LogP) is 0.846. The Labute approximate surface area is 125 Å². The molecule has 1 saturated carbocycles. The van der Waals surface area contributed by atoms with E-state index >= 15 is 0 Å². The minimum absolute atomic E-state index is 0.132. The Morgan fingerprint density at radius 1 is 1.20 bits per heavy atom. The molecular formula is C14H21ClN4O. The molecule has 3 atom stereocenters. The van der Waals surface area contributed by atoms with E-state index in [1.54, 1.807) is 4.90 Å².